The molecule has 0 amide bonds. The van der Waals surface area contributed by atoms with Gasteiger partial charge < -0.3 is 15.5 Å². The van der Waals surface area contributed by atoms with Gasteiger partial charge in [0.2, 0.25) is 0 Å². The minimum absolute atomic E-state index is 0.000723. The van der Waals surface area contributed by atoms with Gasteiger partial charge in [0.25, 0.3) is 0 Å². The molecular weight excluding hydrogens is 220 g/mol. The number of pyridine rings is 1. The molecule has 5 nitrogen and oxygen atoms in total. The van der Waals surface area contributed by atoms with Crippen LogP contribution < -0.4 is 5.32 Å². The molecule has 0 bridgehead atoms. The lowest BCUT2D eigenvalue weighted by Gasteiger charge is -2.18. The number of carboxylic acids is 1. The molecule has 0 spiro atoms. The van der Waals surface area contributed by atoms with Crippen LogP contribution in [0, 0.1) is 13.8 Å². The van der Waals surface area contributed by atoms with E-state index in [0.717, 1.165) is 18.5 Å². The Morgan fingerprint density at radius 2 is 2.18 bits per heavy atom. The van der Waals surface area contributed by atoms with Crippen molar-refractivity contribution in [2.75, 3.05) is 11.9 Å². The Balaban J connectivity index is 2.41. The first kappa shape index (κ1) is 11.9. The van der Waals surface area contributed by atoms with E-state index in [4.69, 9.17) is 0 Å². The number of aromatic carboxylic acids is 1. The van der Waals surface area contributed by atoms with Crippen LogP contribution in [0.5, 0.6) is 0 Å². The summed E-state index contributed by atoms with van der Waals surface area (Å²) < 4.78 is 0. The first-order valence-corrected chi connectivity index (χ1v) is 5.58. The first-order chi connectivity index (χ1) is 7.97. The summed E-state index contributed by atoms with van der Waals surface area (Å²) in [4.78, 5) is 15.4. The molecule has 1 aromatic heterocycles. The molecule has 2 rings (SSSR count). The molecule has 92 valence electrons. The third-order valence-corrected chi connectivity index (χ3v) is 3.10. The molecule has 1 fully saturated rings. The third kappa shape index (κ3) is 2.24. The van der Waals surface area contributed by atoms with Crippen molar-refractivity contribution in [1.82, 2.24) is 4.98 Å². The highest BCUT2D eigenvalue weighted by molar-refractivity contribution is 5.95. The van der Waals surface area contributed by atoms with Gasteiger partial charge >= 0.3 is 5.97 Å². The van der Waals surface area contributed by atoms with Crippen LogP contribution in [-0.4, -0.2) is 33.3 Å². The van der Waals surface area contributed by atoms with Gasteiger partial charge in [-0.3, -0.25) is 0 Å². The largest absolute Gasteiger partial charge is 0.478 e. The van der Waals surface area contributed by atoms with E-state index in [0.29, 0.717) is 11.4 Å². The molecule has 1 saturated carbocycles. The minimum atomic E-state index is -0.994. The highest BCUT2D eigenvalue weighted by atomic mass is 16.4. The number of aromatic nitrogens is 1. The van der Waals surface area contributed by atoms with Crippen molar-refractivity contribution < 1.29 is 15.0 Å². The lowest BCUT2D eigenvalue weighted by molar-refractivity contribution is 0.0696. The molecule has 0 radical (unpaired) electrons. The second kappa shape index (κ2) is 4.00. The van der Waals surface area contributed by atoms with Gasteiger partial charge in [0.1, 0.15) is 11.4 Å². The SMILES string of the molecule is Cc1cc(C)c(C(=O)O)c(NC2(CO)CC2)n1. The third-order valence-electron chi connectivity index (χ3n) is 3.10. The number of hydrogen-bond donors (Lipinski definition) is 3. The highest BCUT2D eigenvalue weighted by Crippen LogP contribution is 2.39. The number of aliphatic hydroxyl groups excluding tert-OH is 1. The van der Waals surface area contributed by atoms with Crippen molar-refractivity contribution in [2.45, 2.75) is 32.2 Å². The molecule has 1 heterocycles. The Kier molecular flexibility index (Phi) is 2.79. The molecule has 0 aliphatic heterocycles. The van der Waals surface area contributed by atoms with Crippen LogP contribution in [0.4, 0.5) is 5.82 Å². The summed E-state index contributed by atoms with van der Waals surface area (Å²) in [5.41, 5.74) is 1.28. The molecule has 0 aromatic carbocycles. The average molecular weight is 236 g/mol. The van der Waals surface area contributed by atoms with Crippen LogP contribution in [0.1, 0.15) is 34.5 Å². The van der Waals surface area contributed by atoms with Gasteiger partial charge in [0, 0.05) is 5.69 Å². The average Bonchev–Trinajstić information content (AvgIpc) is 2.96. The maximum Gasteiger partial charge on any atom is 0.339 e. The fourth-order valence-corrected chi connectivity index (χ4v) is 1.92. The molecule has 1 aliphatic carbocycles. The zero-order valence-electron chi connectivity index (χ0n) is 9.95. The quantitative estimate of drug-likeness (QED) is 0.734. The van der Waals surface area contributed by atoms with E-state index >= 15 is 0 Å². The number of aryl methyl sites for hydroxylation is 2. The molecule has 5 heteroatoms. The van der Waals surface area contributed by atoms with Gasteiger partial charge in [-0.25, -0.2) is 9.78 Å². The second-order valence-electron chi connectivity index (χ2n) is 4.67. The molecule has 0 saturated heterocycles. The van der Waals surface area contributed by atoms with Crippen molar-refractivity contribution in [3.63, 3.8) is 0 Å². The molecular formula is C12H16N2O3. The normalized spacial score (nSPS) is 16.6. The maximum absolute atomic E-state index is 11.2. The van der Waals surface area contributed by atoms with Gasteiger partial charge in [-0.15, -0.1) is 0 Å². The number of nitrogens with zero attached hydrogens (tertiary/aromatic N) is 1. The molecule has 1 aromatic rings. The van der Waals surface area contributed by atoms with Crippen molar-refractivity contribution in [1.29, 1.82) is 0 Å². The lowest BCUT2D eigenvalue weighted by Crippen LogP contribution is -2.28. The van der Waals surface area contributed by atoms with Crippen LogP contribution >= 0.6 is 0 Å². The summed E-state index contributed by atoms with van der Waals surface area (Å²) >= 11 is 0. The zero-order chi connectivity index (χ0) is 12.6. The first-order valence-electron chi connectivity index (χ1n) is 5.58. The Morgan fingerprint density at radius 1 is 1.53 bits per heavy atom. The van der Waals surface area contributed by atoms with Crippen LogP contribution in [0.3, 0.4) is 0 Å². The van der Waals surface area contributed by atoms with Gasteiger partial charge in [-0.05, 0) is 38.3 Å². The smallest absolute Gasteiger partial charge is 0.339 e. The predicted molar refractivity (Wildman–Crippen MR) is 63.3 cm³/mol. The van der Waals surface area contributed by atoms with E-state index in [1.807, 2.05) is 6.92 Å². The number of carboxylic acid groups (broad SMARTS) is 1. The van der Waals surface area contributed by atoms with E-state index in [9.17, 15) is 15.0 Å². The Bertz CT molecular complexity index is 467. The van der Waals surface area contributed by atoms with Crippen molar-refractivity contribution in [3.8, 4) is 0 Å². The van der Waals surface area contributed by atoms with Gasteiger partial charge in [-0.2, -0.15) is 0 Å². The molecule has 1 aliphatic rings. The van der Waals surface area contributed by atoms with Crippen LogP contribution in [0.15, 0.2) is 6.07 Å². The summed E-state index contributed by atoms with van der Waals surface area (Å²) in [6.07, 6.45) is 1.69. The number of aliphatic hydroxyl groups is 1. The lowest BCUT2D eigenvalue weighted by atomic mass is 10.1. The van der Waals surface area contributed by atoms with Crippen molar-refractivity contribution >= 4 is 11.8 Å². The minimum Gasteiger partial charge on any atom is -0.478 e. The topological polar surface area (TPSA) is 82.5 Å². The van der Waals surface area contributed by atoms with Crippen molar-refractivity contribution in [3.05, 3.63) is 22.9 Å². The number of carbonyl (C=O) groups is 1. The number of hydrogen-bond acceptors (Lipinski definition) is 4. The summed E-state index contributed by atoms with van der Waals surface area (Å²) in [5, 5.41) is 21.5. The highest BCUT2D eigenvalue weighted by Gasteiger charge is 2.43. The van der Waals surface area contributed by atoms with Gasteiger partial charge in [0.15, 0.2) is 0 Å². The monoisotopic (exact) mass is 236 g/mol. The fraction of sp³-hybridized carbons (Fsp3) is 0.500. The van der Waals surface area contributed by atoms with Crippen LogP contribution in [0.25, 0.3) is 0 Å². The fourth-order valence-electron chi connectivity index (χ4n) is 1.92. The van der Waals surface area contributed by atoms with Crippen molar-refractivity contribution in [2.24, 2.45) is 0 Å². The van der Waals surface area contributed by atoms with E-state index in [-0.39, 0.29) is 17.7 Å². The Labute approximate surface area is 99.5 Å². The van der Waals surface area contributed by atoms with E-state index in [1.54, 1.807) is 13.0 Å². The van der Waals surface area contributed by atoms with E-state index in [2.05, 4.69) is 10.3 Å². The summed E-state index contributed by atoms with van der Waals surface area (Å²) in [6.45, 7) is 3.57. The number of rotatable bonds is 4. The summed E-state index contributed by atoms with van der Waals surface area (Å²) in [5.74, 6) is -0.632. The standard InChI is InChI=1S/C12H16N2O3/c1-7-5-8(2)13-10(9(7)11(16)17)14-12(6-15)3-4-12/h5,15H,3-4,6H2,1-2H3,(H,13,14)(H,16,17). The molecule has 17 heavy (non-hydrogen) atoms. The molecule has 0 unspecified atom stereocenters. The molecule has 3 N–H and O–H groups in total. The van der Waals surface area contributed by atoms with Crippen LogP contribution in [0.2, 0.25) is 0 Å². The maximum atomic E-state index is 11.2. The zero-order valence-corrected chi connectivity index (χ0v) is 9.95. The van der Waals surface area contributed by atoms with Gasteiger partial charge in [0.05, 0.1) is 12.1 Å². The second-order valence-corrected chi connectivity index (χ2v) is 4.67. The number of nitrogens with one attached hydrogen (secondary N) is 1. The van der Waals surface area contributed by atoms with E-state index < -0.39 is 5.97 Å². The van der Waals surface area contributed by atoms with E-state index in [1.165, 1.54) is 0 Å². The summed E-state index contributed by atoms with van der Waals surface area (Å²) in [6, 6.07) is 1.74. The Morgan fingerprint density at radius 3 is 2.65 bits per heavy atom. The van der Waals surface area contributed by atoms with Crippen LogP contribution in [-0.2, 0) is 0 Å². The summed E-state index contributed by atoms with van der Waals surface area (Å²) in [7, 11) is 0. The molecule has 0 atom stereocenters. The predicted octanol–water partition coefficient (Wildman–Crippen LogP) is 1.33. The Hall–Kier alpha value is -1.62. The van der Waals surface area contributed by atoms with Gasteiger partial charge in [-0.1, -0.05) is 0 Å². The number of anilines is 1.